The van der Waals surface area contributed by atoms with Crippen molar-refractivity contribution in [3.63, 3.8) is 0 Å². The number of fused-ring (bicyclic) bond motifs is 13. The van der Waals surface area contributed by atoms with E-state index >= 15 is 0 Å². The number of para-hydroxylation sites is 4. The Hall–Kier alpha value is -7.74. The second kappa shape index (κ2) is 17.9. The Labute approximate surface area is 500 Å². The zero-order valence-corrected chi connectivity index (χ0v) is 52.6. The minimum absolute atomic E-state index is 0.00991. The van der Waals surface area contributed by atoms with Crippen molar-refractivity contribution >= 4 is 107 Å². The predicted molar refractivity (Wildman–Crippen MR) is 360 cm³/mol. The van der Waals surface area contributed by atoms with Crippen LogP contribution in [0, 0.1) is 0 Å². The molecule has 0 aliphatic carbocycles. The molecule has 7 heteroatoms. The first-order valence-electron chi connectivity index (χ1n) is 30.5. The molecule has 0 atom stereocenters. The Balaban J connectivity index is 1.02. The number of imidazole rings is 1. The molecule has 15 rings (SSSR count). The highest BCUT2D eigenvalue weighted by atomic mass is 32.2. The fraction of sp³-hybridized carbons (Fsp3) is 0.286. The zero-order chi connectivity index (χ0) is 58.6. The third-order valence-corrected chi connectivity index (χ3v) is 19.9. The quantitative estimate of drug-likeness (QED) is 0.161. The Kier molecular flexibility index (Phi) is 11.3. The van der Waals surface area contributed by atoms with E-state index in [4.69, 9.17) is 9.40 Å². The standard InChI is InChI=1S/C77H75BN4OS/c1-42(2)50-21-19-22-51(43(3)4)69(50)82-61-26-18-17-25-59(61)79-73(82)54-24-20-23-53-52-30-27-44(35-65(52)83-72(53)54)45-33-63-68-64(34-45)81-62-32-29-47(75(8,9)10)40-66(62)84-67-41-49(77(14,15)16)39-58(71(67)81)78(68)57-38-48(76(11,12)13)37-56-55-36-46(74(5,6)7)28-31-60(55)80(63)70(56)57/h17-43H,1-16H3. The van der Waals surface area contributed by atoms with Crippen molar-refractivity contribution in [1.82, 2.24) is 14.1 Å². The second-order valence-corrected chi connectivity index (χ2v) is 30.4. The van der Waals surface area contributed by atoms with E-state index in [1.165, 1.54) is 110 Å². The largest absolute Gasteiger partial charge is 0.455 e. The summed E-state index contributed by atoms with van der Waals surface area (Å²) in [6.07, 6.45) is 0. The Morgan fingerprint density at radius 3 is 1.81 bits per heavy atom. The molecule has 12 aromatic rings. The maximum Gasteiger partial charge on any atom is 0.252 e. The van der Waals surface area contributed by atoms with E-state index < -0.39 is 0 Å². The lowest BCUT2D eigenvalue weighted by atomic mass is 9.33. The van der Waals surface area contributed by atoms with Gasteiger partial charge in [-0.25, -0.2) is 4.98 Å². The van der Waals surface area contributed by atoms with E-state index in [0.29, 0.717) is 11.8 Å². The van der Waals surface area contributed by atoms with Gasteiger partial charge in [0.2, 0.25) is 0 Å². The van der Waals surface area contributed by atoms with Crippen LogP contribution in [0.25, 0.3) is 88.7 Å². The van der Waals surface area contributed by atoms with Crippen LogP contribution in [0.3, 0.4) is 0 Å². The zero-order valence-electron chi connectivity index (χ0n) is 51.8. The van der Waals surface area contributed by atoms with Gasteiger partial charge in [0.15, 0.2) is 0 Å². The van der Waals surface area contributed by atoms with Crippen LogP contribution in [0.4, 0.5) is 17.1 Å². The van der Waals surface area contributed by atoms with Crippen molar-refractivity contribution in [2.75, 3.05) is 4.90 Å². The van der Waals surface area contributed by atoms with Crippen molar-refractivity contribution in [2.45, 2.75) is 154 Å². The molecule has 0 saturated heterocycles. The van der Waals surface area contributed by atoms with Gasteiger partial charge >= 0.3 is 0 Å². The molecule has 0 unspecified atom stereocenters. The Morgan fingerprint density at radius 2 is 1.10 bits per heavy atom. The van der Waals surface area contributed by atoms with Crippen LogP contribution in [0.5, 0.6) is 0 Å². The minimum atomic E-state index is -0.0812. The van der Waals surface area contributed by atoms with Crippen LogP contribution in [-0.2, 0) is 21.7 Å². The van der Waals surface area contributed by atoms with Gasteiger partial charge in [0.1, 0.15) is 17.0 Å². The molecule has 0 fully saturated rings. The average Bonchev–Trinajstić information content (AvgIpc) is 1.22. The molecule has 3 aliphatic heterocycles. The summed E-state index contributed by atoms with van der Waals surface area (Å²) < 4.78 is 12.4. The van der Waals surface area contributed by atoms with E-state index in [0.717, 1.165) is 55.5 Å². The Bertz CT molecular complexity index is 4790. The smallest absolute Gasteiger partial charge is 0.252 e. The third kappa shape index (κ3) is 7.79. The van der Waals surface area contributed by atoms with Gasteiger partial charge in [-0.15, -0.1) is 0 Å². The summed E-state index contributed by atoms with van der Waals surface area (Å²) in [5, 5.41) is 4.80. The number of nitrogens with zero attached hydrogens (tertiary/aromatic N) is 4. The molecular weight excluding hydrogens is 1040 g/mol. The number of furan rings is 1. The molecule has 0 bridgehead atoms. The number of hydrogen-bond donors (Lipinski definition) is 0. The van der Waals surface area contributed by atoms with Gasteiger partial charge in [-0.1, -0.05) is 195 Å². The van der Waals surface area contributed by atoms with Gasteiger partial charge in [-0.3, -0.25) is 4.57 Å². The second-order valence-electron chi connectivity index (χ2n) is 29.3. The van der Waals surface area contributed by atoms with Crippen LogP contribution in [0.1, 0.15) is 156 Å². The molecule has 0 N–H and O–H groups in total. The van der Waals surface area contributed by atoms with Crippen molar-refractivity contribution < 1.29 is 4.42 Å². The number of benzene rings is 9. The van der Waals surface area contributed by atoms with Gasteiger partial charge in [0.25, 0.3) is 6.71 Å². The SMILES string of the molecule is CC(C)c1cccc(C(C)C)c1-n1c(-c2cccc3c2oc2cc(-c4cc5c6c(c4)-n4c7ccc(C(C)(C)C)cc7c7cc(C(C)(C)C)cc(c74)B6c4cc(C(C)(C)C)cc6c4N5c4ccc(C(C)(C)C)cc4S6)ccc23)nc2ccccc21. The highest BCUT2D eigenvalue weighted by Gasteiger charge is 2.46. The van der Waals surface area contributed by atoms with Crippen molar-refractivity contribution in [2.24, 2.45) is 0 Å². The first-order chi connectivity index (χ1) is 39.8. The molecule has 9 aromatic carbocycles. The maximum absolute atomic E-state index is 7.32. The van der Waals surface area contributed by atoms with Gasteiger partial charge in [-0.2, -0.15) is 0 Å². The number of aromatic nitrogens is 3. The summed E-state index contributed by atoms with van der Waals surface area (Å²) >= 11 is 1.96. The van der Waals surface area contributed by atoms with Crippen LogP contribution in [0.15, 0.2) is 166 Å². The minimum Gasteiger partial charge on any atom is -0.455 e. The summed E-state index contributed by atoms with van der Waals surface area (Å²) in [7, 11) is 0. The van der Waals surface area contributed by atoms with E-state index in [-0.39, 0.29) is 28.4 Å². The molecular formula is C77H75BN4OS. The van der Waals surface area contributed by atoms with Crippen molar-refractivity contribution in [3.8, 4) is 33.9 Å². The van der Waals surface area contributed by atoms with Gasteiger partial charge < -0.3 is 13.9 Å². The summed E-state index contributed by atoms with van der Waals surface area (Å²) in [6, 6.07) is 58.7. The van der Waals surface area contributed by atoms with E-state index in [1.54, 1.807) is 0 Å². The lowest BCUT2D eigenvalue weighted by Gasteiger charge is -2.45. The van der Waals surface area contributed by atoms with E-state index in [1.807, 2.05) is 11.8 Å². The van der Waals surface area contributed by atoms with Crippen LogP contribution < -0.4 is 21.3 Å². The first kappa shape index (κ1) is 53.0. The van der Waals surface area contributed by atoms with E-state index in [2.05, 4.69) is 276 Å². The summed E-state index contributed by atoms with van der Waals surface area (Å²) in [6.45, 7) is 37.5. The maximum atomic E-state index is 7.32. The molecule has 418 valence electrons. The molecule has 3 aromatic heterocycles. The van der Waals surface area contributed by atoms with Crippen LogP contribution in [-0.4, -0.2) is 20.8 Å². The number of anilines is 3. The van der Waals surface area contributed by atoms with Gasteiger partial charge in [-0.05, 0) is 173 Å². The molecule has 0 spiro atoms. The van der Waals surface area contributed by atoms with Gasteiger partial charge in [0, 0.05) is 48.2 Å². The molecule has 84 heavy (non-hydrogen) atoms. The molecule has 3 aliphatic rings. The Morgan fingerprint density at radius 1 is 0.464 bits per heavy atom. The molecule has 6 heterocycles. The average molecular weight is 1120 g/mol. The third-order valence-electron chi connectivity index (χ3n) is 18.8. The first-order valence-corrected chi connectivity index (χ1v) is 31.3. The monoisotopic (exact) mass is 1110 g/mol. The number of hydrogen-bond acceptors (Lipinski definition) is 4. The van der Waals surface area contributed by atoms with Crippen molar-refractivity contribution in [1.29, 1.82) is 0 Å². The predicted octanol–water partition coefficient (Wildman–Crippen LogP) is 19.9. The molecule has 5 nitrogen and oxygen atoms in total. The summed E-state index contributed by atoms with van der Waals surface area (Å²) in [5.41, 5.74) is 27.7. The summed E-state index contributed by atoms with van der Waals surface area (Å²) in [4.78, 5) is 10.8. The van der Waals surface area contributed by atoms with E-state index in [9.17, 15) is 0 Å². The lowest BCUT2D eigenvalue weighted by molar-refractivity contribution is 0.588. The molecule has 0 amide bonds. The fourth-order valence-corrected chi connectivity index (χ4v) is 15.4. The van der Waals surface area contributed by atoms with Gasteiger partial charge in [0.05, 0.1) is 39.2 Å². The van der Waals surface area contributed by atoms with Crippen LogP contribution >= 0.6 is 11.8 Å². The van der Waals surface area contributed by atoms with Crippen molar-refractivity contribution in [3.05, 3.63) is 185 Å². The molecule has 0 radical (unpaired) electrons. The molecule has 0 saturated carbocycles. The highest BCUT2D eigenvalue weighted by Crippen LogP contribution is 2.56. The van der Waals surface area contributed by atoms with Crippen LogP contribution in [0.2, 0.25) is 0 Å². The topological polar surface area (TPSA) is 39.1 Å². The lowest BCUT2D eigenvalue weighted by Crippen LogP contribution is -2.61. The normalized spacial score (nSPS) is 14.1. The fourth-order valence-electron chi connectivity index (χ4n) is 14.2. The summed E-state index contributed by atoms with van der Waals surface area (Å²) in [5.74, 6) is 1.50. The highest BCUT2D eigenvalue weighted by molar-refractivity contribution is 7.99. The number of rotatable bonds is 5.